The number of piperazine rings is 1. The van der Waals surface area contributed by atoms with Crippen LogP contribution in [0.1, 0.15) is 0 Å². The highest BCUT2D eigenvalue weighted by Crippen LogP contribution is 2.28. The Morgan fingerprint density at radius 1 is 1.35 bits per heavy atom. The fraction of sp³-hybridized carbons (Fsp3) is 0.455. The summed E-state index contributed by atoms with van der Waals surface area (Å²) in [5.74, 6) is 0.521. The summed E-state index contributed by atoms with van der Waals surface area (Å²) in [6.45, 7) is 3.49. The molecule has 0 spiro atoms. The second-order valence-electron chi connectivity index (χ2n) is 3.88. The third-order valence-corrected chi connectivity index (χ3v) is 2.80. The molecule has 6 heteroatoms. The number of methoxy groups -OCH3 is 1. The highest BCUT2D eigenvalue weighted by Gasteiger charge is 2.16. The van der Waals surface area contributed by atoms with Crippen molar-refractivity contribution in [2.24, 2.45) is 0 Å². The molecule has 0 unspecified atom stereocenters. The van der Waals surface area contributed by atoms with Gasteiger partial charge in [0.1, 0.15) is 5.75 Å². The van der Waals surface area contributed by atoms with Crippen LogP contribution >= 0.6 is 0 Å². The van der Waals surface area contributed by atoms with Crippen LogP contribution < -0.4 is 15.0 Å². The summed E-state index contributed by atoms with van der Waals surface area (Å²) in [5.41, 5.74) is 0.912. The van der Waals surface area contributed by atoms with Crippen molar-refractivity contribution in [2.75, 3.05) is 38.2 Å². The highest BCUT2D eigenvalue weighted by atomic mass is 16.6. The first-order valence-corrected chi connectivity index (χ1v) is 5.50. The molecular formula is C11H15N3O3. The monoisotopic (exact) mass is 237 g/mol. The van der Waals surface area contributed by atoms with E-state index in [2.05, 4.69) is 10.2 Å². The molecule has 1 N–H and O–H groups in total. The molecule has 0 radical (unpaired) electrons. The van der Waals surface area contributed by atoms with Gasteiger partial charge in [0.2, 0.25) is 0 Å². The van der Waals surface area contributed by atoms with Gasteiger partial charge in [0.15, 0.2) is 0 Å². The highest BCUT2D eigenvalue weighted by molar-refractivity contribution is 5.58. The molecular weight excluding hydrogens is 222 g/mol. The van der Waals surface area contributed by atoms with Crippen molar-refractivity contribution < 1.29 is 9.66 Å². The number of non-ortho nitro benzene ring substituents is 1. The first-order chi connectivity index (χ1) is 8.20. The molecule has 0 amide bonds. The summed E-state index contributed by atoms with van der Waals surface area (Å²) in [5, 5.41) is 14.1. The standard InChI is InChI=1S/C11H15N3O3/c1-17-11-7-9(6-10(8-11)14(15)16)13-4-2-12-3-5-13/h6-8,12H,2-5H2,1H3. The Kier molecular flexibility index (Phi) is 3.43. The van der Waals surface area contributed by atoms with Crippen LogP contribution in [0.25, 0.3) is 0 Å². The molecule has 1 aliphatic heterocycles. The van der Waals surface area contributed by atoms with Gasteiger partial charge < -0.3 is 15.0 Å². The molecule has 1 aromatic rings. The molecule has 0 aliphatic carbocycles. The van der Waals surface area contributed by atoms with Gasteiger partial charge in [-0.1, -0.05) is 0 Å². The average Bonchev–Trinajstić information content (AvgIpc) is 2.39. The summed E-state index contributed by atoms with van der Waals surface area (Å²) < 4.78 is 5.09. The van der Waals surface area contributed by atoms with Crippen LogP contribution in [-0.4, -0.2) is 38.2 Å². The largest absolute Gasteiger partial charge is 0.496 e. The van der Waals surface area contributed by atoms with Crippen molar-refractivity contribution in [1.29, 1.82) is 0 Å². The first-order valence-electron chi connectivity index (χ1n) is 5.50. The quantitative estimate of drug-likeness (QED) is 0.627. The van der Waals surface area contributed by atoms with E-state index in [4.69, 9.17) is 4.74 Å². The zero-order chi connectivity index (χ0) is 12.3. The van der Waals surface area contributed by atoms with E-state index >= 15 is 0 Å². The number of rotatable bonds is 3. The van der Waals surface area contributed by atoms with E-state index in [1.807, 2.05) is 6.07 Å². The van der Waals surface area contributed by atoms with Crippen molar-refractivity contribution >= 4 is 11.4 Å². The number of nitrogens with one attached hydrogen (secondary N) is 1. The molecule has 92 valence electrons. The zero-order valence-electron chi connectivity index (χ0n) is 9.68. The maximum Gasteiger partial charge on any atom is 0.275 e. The predicted molar refractivity (Wildman–Crippen MR) is 64.7 cm³/mol. The zero-order valence-corrected chi connectivity index (χ0v) is 9.68. The Balaban J connectivity index is 2.31. The molecule has 0 saturated carbocycles. The van der Waals surface area contributed by atoms with Gasteiger partial charge in [0, 0.05) is 44.0 Å². The Bertz CT molecular complexity index is 416. The smallest absolute Gasteiger partial charge is 0.275 e. The van der Waals surface area contributed by atoms with Gasteiger partial charge in [-0.15, -0.1) is 0 Å². The van der Waals surface area contributed by atoms with E-state index in [-0.39, 0.29) is 5.69 Å². The van der Waals surface area contributed by atoms with Gasteiger partial charge in [-0.3, -0.25) is 10.1 Å². The van der Waals surface area contributed by atoms with Gasteiger partial charge in [0.05, 0.1) is 18.1 Å². The number of hydrogen-bond acceptors (Lipinski definition) is 5. The van der Waals surface area contributed by atoms with Crippen molar-refractivity contribution in [1.82, 2.24) is 5.32 Å². The van der Waals surface area contributed by atoms with Gasteiger partial charge in [-0.05, 0) is 0 Å². The fourth-order valence-electron chi connectivity index (χ4n) is 1.90. The molecule has 6 nitrogen and oxygen atoms in total. The Labute approximate surface area is 99.3 Å². The Morgan fingerprint density at radius 2 is 2.06 bits per heavy atom. The molecule has 1 heterocycles. The van der Waals surface area contributed by atoms with Crippen LogP contribution in [0.15, 0.2) is 18.2 Å². The lowest BCUT2D eigenvalue weighted by Crippen LogP contribution is -2.43. The van der Waals surface area contributed by atoms with Crippen LogP contribution in [0.5, 0.6) is 5.75 Å². The van der Waals surface area contributed by atoms with Crippen molar-refractivity contribution in [2.45, 2.75) is 0 Å². The number of hydrogen-bond donors (Lipinski definition) is 1. The molecule has 1 aromatic carbocycles. The van der Waals surface area contributed by atoms with Gasteiger partial charge >= 0.3 is 0 Å². The molecule has 2 rings (SSSR count). The maximum absolute atomic E-state index is 10.8. The molecule has 0 aromatic heterocycles. The van der Waals surface area contributed by atoms with Crippen LogP contribution in [0, 0.1) is 10.1 Å². The summed E-state index contributed by atoms with van der Waals surface area (Å²) in [4.78, 5) is 12.5. The molecule has 1 fully saturated rings. The normalized spacial score (nSPS) is 15.7. The van der Waals surface area contributed by atoms with Crippen LogP contribution in [-0.2, 0) is 0 Å². The topological polar surface area (TPSA) is 67.6 Å². The number of nitrogens with zero attached hydrogens (tertiary/aromatic N) is 2. The number of ether oxygens (including phenoxy) is 1. The molecule has 1 aliphatic rings. The van der Waals surface area contributed by atoms with Gasteiger partial charge in [-0.25, -0.2) is 0 Å². The fourth-order valence-corrected chi connectivity index (χ4v) is 1.90. The van der Waals surface area contributed by atoms with Crippen molar-refractivity contribution in [3.63, 3.8) is 0 Å². The minimum absolute atomic E-state index is 0.0675. The molecule has 0 atom stereocenters. The minimum Gasteiger partial charge on any atom is -0.496 e. The average molecular weight is 237 g/mol. The van der Waals surface area contributed by atoms with E-state index in [0.717, 1.165) is 31.9 Å². The van der Waals surface area contributed by atoms with E-state index in [0.29, 0.717) is 5.75 Å². The molecule has 17 heavy (non-hydrogen) atoms. The van der Waals surface area contributed by atoms with E-state index in [1.165, 1.54) is 13.2 Å². The third kappa shape index (κ3) is 2.65. The van der Waals surface area contributed by atoms with Crippen molar-refractivity contribution in [3.8, 4) is 5.75 Å². The van der Waals surface area contributed by atoms with E-state index < -0.39 is 4.92 Å². The third-order valence-electron chi connectivity index (χ3n) is 2.80. The SMILES string of the molecule is COc1cc(N2CCNCC2)cc([N+](=O)[O-])c1. The van der Waals surface area contributed by atoms with E-state index in [9.17, 15) is 10.1 Å². The second kappa shape index (κ2) is 5.01. The number of anilines is 1. The van der Waals surface area contributed by atoms with E-state index in [1.54, 1.807) is 6.07 Å². The van der Waals surface area contributed by atoms with Gasteiger partial charge in [0.25, 0.3) is 5.69 Å². The molecule has 0 bridgehead atoms. The summed E-state index contributed by atoms with van der Waals surface area (Å²) >= 11 is 0. The summed E-state index contributed by atoms with van der Waals surface area (Å²) in [7, 11) is 1.51. The first kappa shape index (κ1) is 11.7. The lowest BCUT2D eigenvalue weighted by molar-refractivity contribution is -0.384. The lowest BCUT2D eigenvalue weighted by atomic mass is 10.2. The Morgan fingerprint density at radius 3 is 2.65 bits per heavy atom. The second-order valence-corrected chi connectivity index (χ2v) is 3.88. The predicted octanol–water partition coefficient (Wildman–Crippen LogP) is 1.01. The summed E-state index contributed by atoms with van der Waals surface area (Å²) in [6, 6.07) is 4.86. The summed E-state index contributed by atoms with van der Waals surface area (Å²) in [6.07, 6.45) is 0. The maximum atomic E-state index is 10.8. The van der Waals surface area contributed by atoms with Crippen LogP contribution in [0.3, 0.4) is 0 Å². The number of nitro groups is 1. The Hall–Kier alpha value is -1.82. The van der Waals surface area contributed by atoms with Crippen LogP contribution in [0.4, 0.5) is 11.4 Å². The number of benzene rings is 1. The lowest BCUT2D eigenvalue weighted by Gasteiger charge is -2.29. The molecule has 1 saturated heterocycles. The number of nitro benzene ring substituents is 1. The van der Waals surface area contributed by atoms with Gasteiger partial charge in [-0.2, -0.15) is 0 Å². The minimum atomic E-state index is -0.395. The van der Waals surface area contributed by atoms with Crippen LogP contribution in [0.2, 0.25) is 0 Å². The van der Waals surface area contributed by atoms with Crippen molar-refractivity contribution in [3.05, 3.63) is 28.3 Å².